The zero-order valence-electron chi connectivity index (χ0n) is 24.4. The first-order valence-corrected chi connectivity index (χ1v) is 15.5. The van der Waals surface area contributed by atoms with Gasteiger partial charge in [0.25, 0.3) is 0 Å². The Balaban J connectivity index is 4.38. The van der Waals surface area contributed by atoms with Crippen molar-refractivity contribution in [2.45, 2.75) is 181 Å². The highest BCUT2D eigenvalue weighted by Gasteiger charge is 2.33. The Bertz CT molecular complexity index is 492. The lowest BCUT2D eigenvalue weighted by molar-refractivity contribution is -0.129. The molecule has 0 saturated carbocycles. The van der Waals surface area contributed by atoms with E-state index in [9.17, 15) is 14.7 Å². The van der Waals surface area contributed by atoms with Gasteiger partial charge >= 0.3 is 0 Å². The van der Waals surface area contributed by atoms with Crippen LogP contribution in [-0.4, -0.2) is 28.9 Å². The van der Waals surface area contributed by atoms with E-state index in [1.165, 1.54) is 89.9 Å². The molecular weight excluding hydrogens is 450 g/mol. The van der Waals surface area contributed by atoms with Crippen LogP contribution in [0.4, 0.5) is 0 Å². The second-order valence-electron chi connectivity index (χ2n) is 10.6. The van der Waals surface area contributed by atoms with Crippen molar-refractivity contribution < 1.29 is 14.7 Å². The van der Waals surface area contributed by atoms with Crippen molar-refractivity contribution in [3.8, 4) is 0 Å². The maximum atomic E-state index is 12.7. The zero-order valence-corrected chi connectivity index (χ0v) is 24.4. The summed E-state index contributed by atoms with van der Waals surface area (Å²) in [5.41, 5.74) is 0. The van der Waals surface area contributed by atoms with E-state index < -0.39 is 12.0 Å². The molecule has 0 saturated heterocycles. The third-order valence-electron chi connectivity index (χ3n) is 7.05. The molecule has 0 aliphatic heterocycles. The number of carbonyl (C=O) groups excluding carboxylic acids is 2. The van der Waals surface area contributed by atoms with Crippen molar-refractivity contribution in [2.75, 3.05) is 0 Å². The molecule has 0 fully saturated rings. The van der Waals surface area contributed by atoms with Crippen LogP contribution in [0.25, 0.3) is 0 Å². The van der Waals surface area contributed by atoms with Gasteiger partial charge in [-0.15, -0.1) is 0 Å². The average Bonchev–Trinajstić information content (AvgIpc) is 2.86. The highest BCUT2D eigenvalue weighted by molar-refractivity contribution is 5.80. The standard InChI is InChI=1S/C30H61N3O3/c1-5-9-11-13-15-17-19-21-23-25-28(35)32-30(8-4,31-27(34)7-3)33-29(36)26-24-22-20-18-16-14-12-10-6-2/h27,31,34H,5-26H2,1-4H3,(H,32,35)(H,33,36). The molecule has 0 bridgehead atoms. The number of rotatable bonds is 26. The summed E-state index contributed by atoms with van der Waals surface area (Å²) in [6.45, 7) is 8.25. The summed E-state index contributed by atoms with van der Waals surface area (Å²) < 4.78 is 0. The third kappa shape index (κ3) is 20.0. The molecule has 214 valence electrons. The number of aliphatic hydroxyl groups excluding tert-OH is 1. The molecule has 36 heavy (non-hydrogen) atoms. The first kappa shape index (κ1) is 34.9. The largest absolute Gasteiger partial charge is 0.379 e. The minimum atomic E-state index is -1.11. The van der Waals surface area contributed by atoms with Gasteiger partial charge in [-0.25, -0.2) is 0 Å². The average molecular weight is 512 g/mol. The van der Waals surface area contributed by atoms with Crippen LogP contribution in [0.5, 0.6) is 0 Å². The fraction of sp³-hybridized carbons (Fsp3) is 0.933. The van der Waals surface area contributed by atoms with Crippen LogP contribution in [0, 0.1) is 0 Å². The van der Waals surface area contributed by atoms with Crippen molar-refractivity contribution in [3.05, 3.63) is 0 Å². The minimum absolute atomic E-state index is 0.0843. The van der Waals surface area contributed by atoms with Crippen LogP contribution < -0.4 is 16.0 Å². The fourth-order valence-corrected chi connectivity index (χ4v) is 4.56. The van der Waals surface area contributed by atoms with Crippen LogP contribution in [0.2, 0.25) is 0 Å². The maximum absolute atomic E-state index is 12.7. The number of hydrogen-bond donors (Lipinski definition) is 4. The lowest BCUT2D eigenvalue weighted by Gasteiger charge is -2.37. The van der Waals surface area contributed by atoms with Crippen molar-refractivity contribution in [2.24, 2.45) is 0 Å². The molecule has 0 aliphatic rings. The molecule has 0 aromatic carbocycles. The van der Waals surface area contributed by atoms with Crippen LogP contribution in [0.15, 0.2) is 0 Å². The zero-order chi connectivity index (χ0) is 26.9. The lowest BCUT2D eigenvalue weighted by Crippen LogP contribution is -2.70. The molecule has 1 atom stereocenters. The van der Waals surface area contributed by atoms with Crippen molar-refractivity contribution in [1.82, 2.24) is 16.0 Å². The van der Waals surface area contributed by atoms with Crippen LogP contribution in [0.1, 0.15) is 169 Å². The SMILES string of the molecule is CCCCCCCCCCCC(=O)NC(CC)(NC(=O)CCCCCCCCCCC)NC(O)CC. The molecular formula is C30H61N3O3. The molecule has 1 unspecified atom stereocenters. The van der Waals surface area contributed by atoms with E-state index in [0.29, 0.717) is 25.7 Å². The first-order valence-electron chi connectivity index (χ1n) is 15.5. The Morgan fingerprint density at radius 3 is 1.22 bits per heavy atom. The number of aliphatic hydroxyl groups is 1. The molecule has 0 aromatic heterocycles. The Hall–Kier alpha value is -1.14. The van der Waals surface area contributed by atoms with E-state index in [2.05, 4.69) is 29.8 Å². The Labute approximate surface area is 223 Å². The smallest absolute Gasteiger partial charge is 0.222 e. The van der Waals surface area contributed by atoms with Crippen molar-refractivity contribution >= 4 is 11.8 Å². The minimum Gasteiger partial charge on any atom is -0.379 e. The van der Waals surface area contributed by atoms with Gasteiger partial charge in [-0.3, -0.25) is 14.9 Å². The van der Waals surface area contributed by atoms with Gasteiger partial charge in [0.2, 0.25) is 11.8 Å². The molecule has 6 heteroatoms. The normalized spacial score (nSPS) is 12.5. The van der Waals surface area contributed by atoms with Gasteiger partial charge in [-0.2, -0.15) is 0 Å². The summed E-state index contributed by atoms with van der Waals surface area (Å²) in [5, 5.41) is 19.3. The van der Waals surface area contributed by atoms with E-state index in [1.807, 2.05) is 13.8 Å². The van der Waals surface area contributed by atoms with E-state index in [4.69, 9.17) is 0 Å². The predicted molar refractivity (Wildman–Crippen MR) is 152 cm³/mol. The van der Waals surface area contributed by atoms with E-state index >= 15 is 0 Å². The Morgan fingerprint density at radius 1 is 0.583 bits per heavy atom. The predicted octanol–water partition coefficient (Wildman–Crippen LogP) is 7.44. The third-order valence-corrected chi connectivity index (χ3v) is 7.05. The van der Waals surface area contributed by atoms with E-state index in [-0.39, 0.29) is 11.8 Å². The molecule has 0 rings (SSSR count). The molecule has 2 amide bonds. The van der Waals surface area contributed by atoms with Gasteiger partial charge < -0.3 is 15.7 Å². The topological polar surface area (TPSA) is 90.5 Å². The summed E-state index contributed by atoms with van der Waals surface area (Å²) in [6, 6.07) is 0. The summed E-state index contributed by atoms with van der Waals surface area (Å²) in [5.74, 6) is -1.28. The molecule has 0 heterocycles. The van der Waals surface area contributed by atoms with Gasteiger partial charge in [0.15, 0.2) is 5.79 Å². The molecule has 0 radical (unpaired) electrons. The number of amides is 2. The maximum Gasteiger partial charge on any atom is 0.222 e. The highest BCUT2D eigenvalue weighted by Crippen LogP contribution is 2.13. The fourth-order valence-electron chi connectivity index (χ4n) is 4.56. The lowest BCUT2D eigenvalue weighted by atomic mass is 10.1. The number of carbonyl (C=O) groups is 2. The Morgan fingerprint density at radius 2 is 0.917 bits per heavy atom. The quantitative estimate of drug-likeness (QED) is 0.0717. The summed E-state index contributed by atoms with van der Waals surface area (Å²) >= 11 is 0. The molecule has 4 N–H and O–H groups in total. The highest BCUT2D eigenvalue weighted by atomic mass is 16.3. The molecule has 0 aliphatic carbocycles. The van der Waals surface area contributed by atoms with Gasteiger partial charge in [0.1, 0.15) is 6.23 Å². The van der Waals surface area contributed by atoms with Gasteiger partial charge in [0, 0.05) is 19.3 Å². The van der Waals surface area contributed by atoms with E-state index in [1.54, 1.807) is 0 Å². The second kappa shape index (κ2) is 24.2. The van der Waals surface area contributed by atoms with Crippen molar-refractivity contribution in [1.29, 1.82) is 0 Å². The summed E-state index contributed by atoms with van der Waals surface area (Å²) in [7, 11) is 0. The molecule has 0 spiro atoms. The molecule has 6 nitrogen and oxygen atoms in total. The van der Waals surface area contributed by atoms with Gasteiger partial charge in [0.05, 0.1) is 0 Å². The first-order chi connectivity index (χ1) is 17.4. The Kier molecular flexibility index (Phi) is 23.4. The number of hydrogen-bond acceptors (Lipinski definition) is 4. The van der Waals surface area contributed by atoms with E-state index in [0.717, 1.165) is 25.7 Å². The summed E-state index contributed by atoms with van der Waals surface area (Å²) in [4.78, 5) is 25.4. The monoisotopic (exact) mass is 511 g/mol. The van der Waals surface area contributed by atoms with Gasteiger partial charge in [-0.05, 0) is 19.3 Å². The van der Waals surface area contributed by atoms with Gasteiger partial charge in [-0.1, -0.05) is 130 Å². The van der Waals surface area contributed by atoms with Crippen LogP contribution in [0.3, 0.4) is 0 Å². The number of unbranched alkanes of at least 4 members (excludes halogenated alkanes) is 16. The van der Waals surface area contributed by atoms with Crippen molar-refractivity contribution in [3.63, 3.8) is 0 Å². The summed E-state index contributed by atoms with van der Waals surface area (Å²) in [6.07, 6.45) is 22.7. The van der Waals surface area contributed by atoms with Crippen LogP contribution in [-0.2, 0) is 9.59 Å². The second-order valence-corrected chi connectivity index (χ2v) is 10.6. The van der Waals surface area contributed by atoms with Crippen LogP contribution >= 0.6 is 0 Å². The number of nitrogens with one attached hydrogen (secondary N) is 3. The molecule has 0 aromatic rings.